The van der Waals surface area contributed by atoms with Crippen molar-refractivity contribution < 1.29 is 43.6 Å². The highest BCUT2D eigenvalue weighted by Crippen LogP contribution is 2.55. The zero-order valence-electron chi connectivity index (χ0n) is 18.8. The molecule has 9 heteroatoms. The first-order valence-corrected chi connectivity index (χ1v) is 10.7. The highest BCUT2D eigenvalue weighted by Gasteiger charge is 2.74. The zero-order valence-corrected chi connectivity index (χ0v) is 18.8. The Kier molecular flexibility index (Phi) is 5.25. The van der Waals surface area contributed by atoms with Crippen molar-refractivity contribution in [3.8, 4) is 0 Å². The van der Waals surface area contributed by atoms with Crippen molar-refractivity contribution in [1.82, 2.24) is 0 Å². The Morgan fingerprint density at radius 1 is 1.12 bits per heavy atom. The van der Waals surface area contributed by atoms with Crippen molar-refractivity contribution in [3.63, 3.8) is 0 Å². The van der Waals surface area contributed by atoms with Gasteiger partial charge in [-0.2, -0.15) is 0 Å². The minimum absolute atomic E-state index is 0.0451. The number of hydrogen-bond donors (Lipinski definition) is 2. The first-order valence-electron chi connectivity index (χ1n) is 10.7. The molecule has 1 saturated carbocycles. The van der Waals surface area contributed by atoms with Crippen LogP contribution in [0.4, 0.5) is 0 Å². The van der Waals surface area contributed by atoms with Gasteiger partial charge >= 0.3 is 17.9 Å². The summed E-state index contributed by atoms with van der Waals surface area (Å²) < 4.78 is 16.8. The number of esters is 3. The van der Waals surface area contributed by atoms with E-state index in [4.69, 9.17) is 14.2 Å². The summed E-state index contributed by atoms with van der Waals surface area (Å²) in [7, 11) is 0. The number of ether oxygens (including phenoxy) is 3. The summed E-state index contributed by atoms with van der Waals surface area (Å²) in [6.07, 6.45) is -3.31. The standard InChI is InChI=1S/C24H26O9/c1-12-16(26)10-15-18(12)19-24(30,23(4,29)21(28)32-19)17(11-22(15,3)33-13(2)25)31-20(27)14-8-6-5-7-9-14/h5-9,15,17,19,29-30H,10-11H2,1-4H3/t15-,17-,19-,22-,23+,24+/m0/s1. The predicted octanol–water partition coefficient (Wildman–Crippen LogP) is 1.25. The van der Waals surface area contributed by atoms with E-state index in [0.29, 0.717) is 0 Å². The summed E-state index contributed by atoms with van der Waals surface area (Å²) >= 11 is 0. The first kappa shape index (κ1) is 23.1. The van der Waals surface area contributed by atoms with Crippen LogP contribution in [-0.2, 0) is 28.6 Å². The second kappa shape index (κ2) is 7.50. The average Bonchev–Trinajstić information content (AvgIpc) is 3.11. The summed E-state index contributed by atoms with van der Waals surface area (Å²) in [5, 5.41) is 23.0. The Morgan fingerprint density at radius 2 is 1.76 bits per heavy atom. The number of carbonyl (C=O) groups excluding carboxylic acids is 4. The van der Waals surface area contributed by atoms with Gasteiger partial charge in [-0.3, -0.25) is 9.59 Å². The second-order valence-corrected chi connectivity index (χ2v) is 9.31. The van der Waals surface area contributed by atoms with E-state index in [1.165, 1.54) is 26.0 Å². The lowest BCUT2D eigenvalue weighted by atomic mass is 9.75. The Labute approximate surface area is 190 Å². The SMILES string of the molecule is CC(=O)O[C@@]1(C)C[C@H](OC(=O)c2ccccc2)[C@@]2(O)[C@@H](OC(=O)[C@@]2(C)O)C2=C(C)C(=O)C[C@@H]21. The summed E-state index contributed by atoms with van der Waals surface area (Å²) in [5.41, 5.74) is -5.60. The minimum Gasteiger partial charge on any atom is -0.459 e. The van der Waals surface area contributed by atoms with Gasteiger partial charge in [-0.1, -0.05) is 18.2 Å². The molecule has 0 spiro atoms. The van der Waals surface area contributed by atoms with Crippen LogP contribution in [-0.4, -0.2) is 62.9 Å². The van der Waals surface area contributed by atoms with Crippen LogP contribution in [0.1, 0.15) is 50.9 Å². The van der Waals surface area contributed by atoms with Gasteiger partial charge in [0.1, 0.15) is 11.7 Å². The Bertz CT molecular complexity index is 1070. The molecule has 33 heavy (non-hydrogen) atoms. The largest absolute Gasteiger partial charge is 0.459 e. The van der Waals surface area contributed by atoms with Gasteiger partial charge in [0.2, 0.25) is 0 Å². The molecule has 1 heterocycles. The number of fused-ring (bicyclic) bond motifs is 3. The molecule has 0 aromatic heterocycles. The minimum atomic E-state index is -2.47. The van der Waals surface area contributed by atoms with Crippen molar-refractivity contribution in [1.29, 1.82) is 0 Å². The number of Topliss-reactive ketones (excluding diaryl/α,β-unsaturated/α-hetero) is 1. The number of aliphatic hydroxyl groups is 2. The average molecular weight is 458 g/mol. The summed E-state index contributed by atoms with van der Waals surface area (Å²) in [6.45, 7) is 5.40. The summed E-state index contributed by atoms with van der Waals surface area (Å²) in [6, 6.07) is 8.01. The van der Waals surface area contributed by atoms with Crippen LogP contribution >= 0.6 is 0 Å². The number of carbonyl (C=O) groups is 4. The smallest absolute Gasteiger partial charge is 0.341 e. The van der Waals surface area contributed by atoms with Crippen LogP contribution in [0.25, 0.3) is 0 Å². The van der Waals surface area contributed by atoms with Gasteiger partial charge in [0.25, 0.3) is 0 Å². The number of ketones is 1. The van der Waals surface area contributed by atoms with Crippen LogP contribution in [0, 0.1) is 5.92 Å². The quantitative estimate of drug-likeness (QED) is 0.506. The molecule has 2 aliphatic carbocycles. The Hall–Kier alpha value is -3.04. The summed E-state index contributed by atoms with van der Waals surface area (Å²) in [4.78, 5) is 50.2. The maximum atomic E-state index is 12.9. The molecular weight excluding hydrogens is 432 g/mol. The molecule has 1 aromatic rings. The lowest BCUT2D eigenvalue weighted by molar-refractivity contribution is -0.195. The molecule has 3 aliphatic rings. The van der Waals surface area contributed by atoms with E-state index in [0.717, 1.165) is 6.92 Å². The van der Waals surface area contributed by atoms with Crippen LogP contribution < -0.4 is 0 Å². The molecule has 4 rings (SSSR count). The molecular formula is C24H26O9. The van der Waals surface area contributed by atoms with E-state index < -0.39 is 52.8 Å². The van der Waals surface area contributed by atoms with Crippen molar-refractivity contribution in [3.05, 3.63) is 47.0 Å². The third-order valence-corrected chi connectivity index (χ3v) is 7.15. The second-order valence-electron chi connectivity index (χ2n) is 9.31. The molecule has 1 aliphatic heterocycles. The van der Waals surface area contributed by atoms with Crippen LogP contribution in [0.5, 0.6) is 0 Å². The molecule has 9 nitrogen and oxygen atoms in total. The van der Waals surface area contributed by atoms with Gasteiger partial charge in [-0.05, 0) is 44.1 Å². The van der Waals surface area contributed by atoms with Crippen molar-refractivity contribution >= 4 is 23.7 Å². The number of allylic oxidation sites excluding steroid dienone is 1. The molecule has 1 aromatic carbocycles. The highest BCUT2D eigenvalue weighted by molar-refractivity contribution is 6.00. The molecule has 1 saturated heterocycles. The molecule has 6 atom stereocenters. The van der Waals surface area contributed by atoms with Gasteiger partial charge in [0, 0.05) is 25.7 Å². The predicted molar refractivity (Wildman–Crippen MR) is 112 cm³/mol. The number of rotatable bonds is 3. The van der Waals surface area contributed by atoms with Crippen molar-refractivity contribution in [2.45, 2.75) is 69.5 Å². The van der Waals surface area contributed by atoms with Crippen LogP contribution in [0.15, 0.2) is 41.5 Å². The molecule has 0 bridgehead atoms. The molecule has 0 radical (unpaired) electrons. The van der Waals surface area contributed by atoms with Gasteiger partial charge in [-0.25, -0.2) is 9.59 Å². The molecule has 176 valence electrons. The fourth-order valence-electron chi connectivity index (χ4n) is 5.32. The third-order valence-electron chi connectivity index (χ3n) is 7.15. The molecule has 0 unspecified atom stereocenters. The highest BCUT2D eigenvalue weighted by atomic mass is 16.6. The van der Waals surface area contributed by atoms with Crippen molar-refractivity contribution in [2.24, 2.45) is 5.92 Å². The van der Waals surface area contributed by atoms with E-state index in [1.807, 2.05) is 0 Å². The van der Waals surface area contributed by atoms with E-state index >= 15 is 0 Å². The lowest BCUT2D eigenvalue weighted by Crippen LogP contribution is -2.64. The van der Waals surface area contributed by atoms with E-state index in [2.05, 4.69) is 0 Å². The maximum Gasteiger partial charge on any atom is 0.341 e. The summed E-state index contributed by atoms with van der Waals surface area (Å²) in [5.74, 6) is -3.54. The van der Waals surface area contributed by atoms with E-state index in [9.17, 15) is 29.4 Å². The van der Waals surface area contributed by atoms with Crippen molar-refractivity contribution in [2.75, 3.05) is 0 Å². The fraction of sp³-hybridized carbons (Fsp3) is 0.500. The monoisotopic (exact) mass is 458 g/mol. The first-order chi connectivity index (χ1) is 15.3. The normalized spacial score (nSPS) is 37.7. The van der Waals surface area contributed by atoms with Gasteiger partial charge < -0.3 is 24.4 Å². The maximum absolute atomic E-state index is 12.9. The topological polar surface area (TPSA) is 136 Å². The van der Waals surface area contributed by atoms with Crippen LogP contribution in [0.2, 0.25) is 0 Å². The van der Waals surface area contributed by atoms with E-state index in [-0.39, 0.29) is 35.3 Å². The lowest BCUT2D eigenvalue weighted by Gasteiger charge is -2.40. The molecule has 2 fully saturated rings. The number of benzene rings is 1. The molecule has 0 amide bonds. The van der Waals surface area contributed by atoms with E-state index in [1.54, 1.807) is 25.1 Å². The third kappa shape index (κ3) is 3.29. The van der Waals surface area contributed by atoms with Gasteiger partial charge in [0.15, 0.2) is 23.1 Å². The van der Waals surface area contributed by atoms with Gasteiger partial charge in [0.05, 0.1) is 5.56 Å². The molecule has 2 N–H and O–H groups in total. The Balaban J connectivity index is 1.89. The Morgan fingerprint density at radius 3 is 2.36 bits per heavy atom. The number of hydrogen-bond acceptors (Lipinski definition) is 9. The fourth-order valence-corrected chi connectivity index (χ4v) is 5.32. The van der Waals surface area contributed by atoms with Gasteiger partial charge in [-0.15, -0.1) is 0 Å². The van der Waals surface area contributed by atoms with Crippen LogP contribution in [0.3, 0.4) is 0 Å². The zero-order chi connectivity index (χ0) is 24.3.